The fraction of sp³-hybridized carbons (Fsp3) is 0.444. The Morgan fingerprint density at radius 3 is 2.79 bits per heavy atom. The van der Waals surface area contributed by atoms with Gasteiger partial charge < -0.3 is 14.1 Å². The second kappa shape index (κ2) is 7.14. The zero-order valence-electron chi connectivity index (χ0n) is 13.8. The molecule has 0 bridgehead atoms. The largest absolute Gasteiger partial charge is 0.484 e. The van der Waals surface area contributed by atoms with E-state index in [0.29, 0.717) is 40.1 Å². The van der Waals surface area contributed by atoms with Gasteiger partial charge in [-0.2, -0.15) is 10.2 Å². The summed E-state index contributed by atoms with van der Waals surface area (Å²) in [5, 5.41) is 9.96. The molecule has 0 spiro atoms. The van der Waals surface area contributed by atoms with Gasteiger partial charge in [0.25, 0.3) is 0 Å². The molecule has 126 valence electrons. The highest BCUT2D eigenvalue weighted by Crippen LogP contribution is 2.29. The van der Waals surface area contributed by atoms with Gasteiger partial charge in [-0.1, -0.05) is 31.5 Å². The molecule has 0 saturated carbocycles. The van der Waals surface area contributed by atoms with Gasteiger partial charge in [-0.15, -0.1) is 0 Å². The lowest BCUT2D eigenvalue weighted by molar-refractivity contribution is 0.261. The number of oxazole rings is 1. The van der Waals surface area contributed by atoms with Crippen LogP contribution in [-0.4, -0.2) is 18.1 Å². The fourth-order valence-electron chi connectivity index (χ4n) is 3.23. The van der Waals surface area contributed by atoms with E-state index in [1.807, 2.05) is 12.1 Å². The molecule has 0 aliphatic carbocycles. The van der Waals surface area contributed by atoms with E-state index in [1.165, 1.54) is 6.42 Å². The minimum atomic E-state index is 0.161. The Hall–Kier alpha value is -2.19. The standard InChI is InChI=1S/C18H20ClN3O2/c1-12-6-13(2)10-22(9-12)18-16(8-20)21-17(24-18)11-23-15-5-3-4-14(19)7-15/h3-5,7,12-13H,6,9-11H2,1-2H3. The summed E-state index contributed by atoms with van der Waals surface area (Å²) in [6, 6.07) is 9.27. The number of nitriles is 1. The van der Waals surface area contributed by atoms with E-state index < -0.39 is 0 Å². The van der Waals surface area contributed by atoms with Crippen molar-refractivity contribution in [2.45, 2.75) is 26.9 Å². The number of anilines is 1. The summed E-state index contributed by atoms with van der Waals surface area (Å²) in [7, 11) is 0. The smallest absolute Gasteiger partial charge is 0.236 e. The predicted molar refractivity (Wildman–Crippen MR) is 92.2 cm³/mol. The van der Waals surface area contributed by atoms with Crippen LogP contribution in [0.2, 0.25) is 5.02 Å². The quantitative estimate of drug-likeness (QED) is 0.828. The number of hydrogen-bond acceptors (Lipinski definition) is 5. The molecule has 1 aromatic carbocycles. The Kier molecular flexibility index (Phi) is 4.96. The van der Waals surface area contributed by atoms with Crippen LogP contribution >= 0.6 is 11.6 Å². The first kappa shape index (κ1) is 16.7. The van der Waals surface area contributed by atoms with Crippen molar-refractivity contribution in [2.24, 2.45) is 11.8 Å². The summed E-state index contributed by atoms with van der Waals surface area (Å²) in [6.07, 6.45) is 1.19. The van der Waals surface area contributed by atoms with Crippen LogP contribution in [0.1, 0.15) is 31.9 Å². The normalized spacial score (nSPS) is 20.7. The number of aromatic nitrogens is 1. The van der Waals surface area contributed by atoms with E-state index in [-0.39, 0.29) is 6.61 Å². The minimum Gasteiger partial charge on any atom is -0.484 e. The fourth-order valence-corrected chi connectivity index (χ4v) is 3.42. The van der Waals surface area contributed by atoms with Gasteiger partial charge in [0.2, 0.25) is 17.5 Å². The van der Waals surface area contributed by atoms with Crippen LogP contribution in [0.3, 0.4) is 0 Å². The third-order valence-corrected chi connectivity index (χ3v) is 4.31. The molecular formula is C18H20ClN3O2. The monoisotopic (exact) mass is 345 g/mol. The maximum atomic E-state index is 9.36. The van der Waals surface area contributed by atoms with E-state index in [2.05, 4.69) is 29.8 Å². The molecule has 5 nitrogen and oxygen atoms in total. The second-order valence-electron chi connectivity index (χ2n) is 6.47. The summed E-state index contributed by atoms with van der Waals surface area (Å²) < 4.78 is 11.5. The topological polar surface area (TPSA) is 62.3 Å². The molecule has 24 heavy (non-hydrogen) atoms. The summed E-state index contributed by atoms with van der Waals surface area (Å²) in [6.45, 7) is 6.35. The molecular weight excluding hydrogens is 326 g/mol. The number of hydrogen-bond donors (Lipinski definition) is 0. The number of halogens is 1. The predicted octanol–water partition coefficient (Wildman–Crippen LogP) is 4.26. The number of rotatable bonds is 4. The number of ether oxygens (including phenoxy) is 1. The summed E-state index contributed by atoms with van der Waals surface area (Å²) >= 11 is 5.94. The van der Waals surface area contributed by atoms with Crippen molar-refractivity contribution in [2.75, 3.05) is 18.0 Å². The summed E-state index contributed by atoms with van der Waals surface area (Å²) in [4.78, 5) is 6.38. The Morgan fingerprint density at radius 2 is 2.12 bits per heavy atom. The molecule has 6 heteroatoms. The SMILES string of the molecule is CC1CC(C)CN(c2oc(COc3cccc(Cl)c3)nc2C#N)C1. The first-order chi connectivity index (χ1) is 11.5. The zero-order chi connectivity index (χ0) is 17.1. The molecule has 1 saturated heterocycles. The molecule has 1 aromatic heterocycles. The van der Waals surface area contributed by atoms with Crippen molar-refractivity contribution in [3.05, 3.63) is 40.9 Å². The van der Waals surface area contributed by atoms with Gasteiger partial charge in [0.15, 0.2) is 6.61 Å². The van der Waals surface area contributed by atoms with Crippen LogP contribution < -0.4 is 9.64 Å². The van der Waals surface area contributed by atoms with Crippen LogP contribution in [0.5, 0.6) is 5.75 Å². The molecule has 2 unspecified atom stereocenters. The van der Waals surface area contributed by atoms with E-state index in [4.69, 9.17) is 20.8 Å². The lowest BCUT2D eigenvalue weighted by Crippen LogP contribution is -2.38. The molecule has 2 aromatic rings. The van der Waals surface area contributed by atoms with Gasteiger partial charge in [-0.05, 0) is 36.5 Å². The van der Waals surface area contributed by atoms with Gasteiger partial charge >= 0.3 is 0 Å². The average molecular weight is 346 g/mol. The average Bonchev–Trinajstić information content (AvgIpc) is 2.95. The highest BCUT2D eigenvalue weighted by Gasteiger charge is 2.27. The Balaban J connectivity index is 1.74. The van der Waals surface area contributed by atoms with Crippen molar-refractivity contribution < 1.29 is 9.15 Å². The van der Waals surface area contributed by atoms with Crippen LogP contribution in [-0.2, 0) is 6.61 Å². The van der Waals surface area contributed by atoms with Crippen molar-refractivity contribution in [1.29, 1.82) is 5.26 Å². The highest BCUT2D eigenvalue weighted by atomic mass is 35.5. The third kappa shape index (κ3) is 3.82. The number of nitrogens with zero attached hydrogens (tertiary/aromatic N) is 3. The van der Waals surface area contributed by atoms with Gasteiger partial charge in [-0.25, -0.2) is 0 Å². The Bertz CT molecular complexity index is 743. The number of piperidine rings is 1. The molecule has 0 N–H and O–H groups in total. The van der Waals surface area contributed by atoms with E-state index in [1.54, 1.807) is 12.1 Å². The van der Waals surface area contributed by atoms with Crippen LogP contribution in [0.4, 0.5) is 5.88 Å². The van der Waals surface area contributed by atoms with E-state index >= 15 is 0 Å². The molecule has 3 rings (SSSR count). The van der Waals surface area contributed by atoms with Gasteiger partial charge in [0.1, 0.15) is 11.8 Å². The van der Waals surface area contributed by atoms with E-state index in [9.17, 15) is 5.26 Å². The van der Waals surface area contributed by atoms with Gasteiger partial charge in [0, 0.05) is 18.1 Å². The Morgan fingerprint density at radius 1 is 1.38 bits per heavy atom. The molecule has 1 aliphatic heterocycles. The lowest BCUT2D eigenvalue weighted by atomic mass is 9.92. The first-order valence-electron chi connectivity index (χ1n) is 8.08. The molecule has 0 radical (unpaired) electrons. The van der Waals surface area contributed by atoms with Crippen molar-refractivity contribution >= 4 is 17.5 Å². The molecule has 2 atom stereocenters. The molecule has 2 heterocycles. The van der Waals surface area contributed by atoms with Crippen molar-refractivity contribution in [3.63, 3.8) is 0 Å². The summed E-state index contributed by atoms with van der Waals surface area (Å²) in [5.41, 5.74) is 0.320. The number of benzene rings is 1. The maximum absolute atomic E-state index is 9.36. The molecule has 0 amide bonds. The van der Waals surface area contributed by atoms with Crippen LogP contribution in [0.15, 0.2) is 28.7 Å². The van der Waals surface area contributed by atoms with Crippen molar-refractivity contribution in [3.8, 4) is 11.8 Å². The second-order valence-corrected chi connectivity index (χ2v) is 6.91. The van der Waals surface area contributed by atoms with Crippen LogP contribution in [0, 0.1) is 23.2 Å². The summed E-state index contributed by atoms with van der Waals surface area (Å²) in [5.74, 6) is 2.72. The van der Waals surface area contributed by atoms with Gasteiger partial charge in [0.05, 0.1) is 0 Å². The minimum absolute atomic E-state index is 0.161. The van der Waals surface area contributed by atoms with E-state index in [0.717, 1.165) is 13.1 Å². The first-order valence-corrected chi connectivity index (χ1v) is 8.46. The third-order valence-electron chi connectivity index (χ3n) is 4.07. The van der Waals surface area contributed by atoms with Crippen LogP contribution in [0.25, 0.3) is 0 Å². The lowest BCUT2D eigenvalue weighted by Gasteiger charge is -2.34. The zero-order valence-corrected chi connectivity index (χ0v) is 14.6. The maximum Gasteiger partial charge on any atom is 0.236 e. The molecule has 1 aliphatic rings. The van der Waals surface area contributed by atoms with Gasteiger partial charge in [-0.3, -0.25) is 0 Å². The highest BCUT2D eigenvalue weighted by molar-refractivity contribution is 6.30. The van der Waals surface area contributed by atoms with Crippen molar-refractivity contribution in [1.82, 2.24) is 4.98 Å². The molecule has 1 fully saturated rings. The Labute approximate surface area is 146 Å².